The van der Waals surface area contributed by atoms with E-state index >= 15 is 0 Å². The van der Waals surface area contributed by atoms with Gasteiger partial charge >= 0.3 is 0 Å². The van der Waals surface area contributed by atoms with Crippen molar-refractivity contribution in [2.45, 2.75) is 66.2 Å². The van der Waals surface area contributed by atoms with Gasteiger partial charge in [0.2, 0.25) is 5.95 Å². The number of nitrogens with zero attached hydrogens (tertiary/aromatic N) is 4. The van der Waals surface area contributed by atoms with E-state index in [1.54, 1.807) is 18.5 Å². The number of benzene rings is 4. The fourth-order valence-corrected chi connectivity index (χ4v) is 5.50. The van der Waals surface area contributed by atoms with Crippen molar-refractivity contribution in [1.82, 2.24) is 15.0 Å². The fraction of sp³-hybridized carbons (Fsp3) is 0.233. The molecule has 0 unspecified atom stereocenters. The molecule has 0 fully saturated rings. The normalized spacial score (nSPS) is 11.4. The molecule has 0 atom stereocenters. The van der Waals surface area contributed by atoms with Gasteiger partial charge in [0.15, 0.2) is 0 Å². The van der Waals surface area contributed by atoms with Crippen molar-refractivity contribution in [3.63, 3.8) is 0 Å². The quantitative estimate of drug-likeness (QED) is 0.197. The SMILES string of the molecule is CC.CC(C)(C)c1cc(-c2cc(-c3cccc(N(c4ccccc4)c4ncccn4)c3)nc(-c3ccccc3O)c2)cc(C(C)(C)C)c1. The average Bonchev–Trinajstić information content (AvgIpc) is 3.09. The van der Waals surface area contributed by atoms with E-state index in [1.165, 1.54) is 11.1 Å². The highest BCUT2D eigenvalue weighted by molar-refractivity contribution is 5.81. The maximum Gasteiger partial charge on any atom is 0.234 e. The fourth-order valence-electron chi connectivity index (χ4n) is 5.50. The summed E-state index contributed by atoms with van der Waals surface area (Å²) >= 11 is 0. The zero-order valence-electron chi connectivity index (χ0n) is 29.4. The van der Waals surface area contributed by atoms with Crippen LogP contribution in [-0.2, 0) is 10.8 Å². The molecule has 0 spiro atoms. The Hall–Kier alpha value is -5.29. The Kier molecular flexibility index (Phi) is 10.1. The average molecular weight is 635 g/mol. The van der Waals surface area contributed by atoms with E-state index in [2.05, 4.69) is 100 Å². The molecule has 0 aliphatic carbocycles. The Bertz CT molecular complexity index is 1900. The van der Waals surface area contributed by atoms with Crippen molar-refractivity contribution in [2.75, 3.05) is 4.90 Å². The van der Waals surface area contributed by atoms with E-state index in [-0.39, 0.29) is 16.6 Å². The van der Waals surface area contributed by atoms with Gasteiger partial charge in [-0.25, -0.2) is 15.0 Å². The number of anilines is 3. The molecule has 2 aromatic heterocycles. The summed E-state index contributed by atoms with van der Waals surface area (Å²) in [6.07, 6.45) is 3.51. The molecule has 0 radical (unpaired) electrons. The standard InChI is InChI=1S/C41H40N4O.C2H6/c1-40(2,3)31-22-29(23-32(27-31)41(4,5)6)30-25-36(44-37(26-30)35-18-10-11-19-38(35)46)28-14-12-17-34(24-28)45(33-15-8-7-9-16-33)39-42-20-13-21-43-39;1-2/h7-27,46H,1-6H3;1-2H3. The highest BCUT2D eigenvalue weighted by Gasteiger charge is 2.22. The zero-order valence-corrected chi connectivity index (χ0v) is 29.4. The van der Waals surface area contributed by atoms with Crippen LogP contribution in [0.1, 0.15) is 66.5 Å². The summed E-state index contributed by atoms with van der Waals surface area (Å²) in [5.41, 5.74) is 9.67. The first-order chi connectivity index (χ1) is 23.0. The van der Waals surface area contributed by atoms with Crippen LogP contribution in [0.4, 0.5) is 17.3 Å². The van der Waals surface area contributed by atoms with Crippen molar-refractivity contribution < 1.29 is 5.11 Å². The second kappa shape index (κ2) is 14.2. The lowest BCUT2D eigenvalue weighted by Gasteiger charge is -2.26. The second-order valence-electron chi connectivity index (χ2n) is 13.7. The molecule has 48 heavy (non-hydrogen) atoms. The number of pyridine rings is 1. The van der Waals surface area contributed by atoms with Crippen molar-refractivity contribution >= 4 is 17.3 Å². The monoisotopic (exact) mass is 634 g/mol. The van der Waals surface area contributed by atoms with Crippen LogP contribution in [0.25, 0.3) is 33.6 Å². The number of phenols is 1. The lowest BCUT2D eigenvalue weighted by molar-refractivity contribution is 0.477. The number of aromatic nitrogens is 3. The molecule has 6 rings (SSSR count). The number of para-hydroxylation sites is 2. The predicted molar refractivity (Wildman–Crippen MR) is 201 cm³/mol. The molecule has 0 bridgehead atoms. The van der Waals surface area contributed by atoms with E-state index in [9.17, 15) is 5.11 Å². The third-order valence-corrected chi connectivity index (χ3v) is 8.17. The Morgan fingerprint density at radius 2 is 1.08 bits per heavy atom. The van der Waals surface area contributed by atoms with Gasteiger partial charge in [0.05, 0.1) is 11.4 Å². The second-order valence-corrected chi connectivity index (χ2v) is 13.7. The maximum absolute atomic E-state index is 10.9. The van der Waals surface area contributed by atoms with Gasteiger partial charge in [0.1, 0.15) is 5.75 Å². The minimum atomic E-state index is -0.0267. The number of hydrogen-bond acceptors (Lipinski definition) is 5. The lowest BCUT2D eigenvalue weighted by atomic mass is 9.79. The molecule has 0 saturated heterocycles. The van der Waals surface area contributed by atoms with Crippen LogP contribution in [0.2, 0.25) is 0 Å². The van der Waals surface area contributed by atoms with Crippen molar-refractivity contribution in [2.24, 2.45) is 0 Å². The predicted octanol–water partition coefficient (Wildman–Crippen LogP) is 11.7. The van der Waals surface area contributed by atoms with Gasteiger partial charge in [-0.15, -0.1) is 0 Å². The van der Waals surface area contributed by atoms with Crippen LogP contribution in [0, 0.1) is 0 Å². The highest BCUT2D eigenvalue weighted by atomic mass is 16.3. The van der Waals surface area contributed by atoms with Crippen LogP contribution >= 0.6 is 0 Å². The van der Waals surface area contributed by atoms with E-state index in [4.69, 9.17) is 4.98 Å². The third-order valence-electron chi connectivity index (χ3n) is 8.17. The molecule has 4 aromatic carbocycles. The molecule has 2 heterocycles. The van der Waals surface area contributed by atoms with Crippen LogP contribution in [0.5, 0.6) is 5.75 Å². The Labute approximate surface area is 286 Å². The van der Waals surface area contributed by atoms with E-state index in [0.717, 1.165) is 33.8 Å². The van der Waals surface area contributed by atoms with Gasteiger partial charge < -0.3 is 5.11 Å². The molecule has 5 heteroatoms. The van der Waals surface area contributed by atoms with Crippen LogP contribution < -0.4 is 4.90 Å². The summed E-state index contributed by atoms with van der Waals surface area (Å²) in [4.78, 5) is 16.3. The van der Waals surface area contributed by atoms with E-state index in [1.807, 2.05) is 79.4 Å². The van der Waals surface area contributed by atoms with Gasteiger partial charge in [-0.3, -0.25) is 4.90 Å². The molecule has 244 valence electrons. The van der Waals surface area contributed by atoms with Gasteiger partial charge in [-0.2, -0.15) is 0 Å². The summed E-state index contributed by atoms with van der Waals surface area (Å²) < 4.78 is 0. The highest BCUT2D eigenvalue weighted by Crippen LogP contribution is 2.39. The Balaban J connectivity index is 0.00000221. The summed E-state index contributed by atoms with van der Waals surface area (Å²) in [6, 6.07) is 38.8. The zero-order chi connectivity index (χ0) is 34.5. The Morgan fingerprint density at radius 3 is 1.71 bits per heavy atom. The van der Waals surface area contributed by atoms with Crippen molar-refractivity contribution in [3.05, 3.63) is 139 Å². The lowest BCUT2D eigenvalue weighted by Crippen LogP contribution is -2.16. The molecule has 6 aromatic rings. The molecule has 0 saturated carbocycles. The largest absolute Gasteiger partial charge is 0.507 e. The number of hydrogen-bond donors (Lipinski definition) is 1. The summed E-state index contributed by atoms with van der Waals surface area (Å²) in [6.45, 7) is 17.5. The molecular formula is C43H46N4O. The number of aromatic hydroxyl groups is 1. The van der Waals surface area contributed by atoms with Crippen molar-refractivity contribution in [1.29, 1.82) is 0 Å². The molecule has 0 amide bonds. The smallest absolute Gasteiger partial charge is 0.234 e. The first kappa shape index (κ1) is 34.1. The first-order valence-electron chi connectivity index (χ1n) is 16.7. The molecule has 5 nitrogen and oxygen atoms in total. The van der Waals surface area contributed by atoms with Gasteiger partial charge in [-0.05, 0) is 87.7 Å². The summed E-state index contributed by atoms with van der Waals surface area (Å²) in [5, 5.41) is 10.9. The van der Waals surface area contributed by atoms with Crippen LogP contribution in [0.15, 0.2) is 128 Å². The van der Waals surface area contributed by atoms with Crippen LogP contribution in [-0.4, -0.2) is 20.1 Å². The third kappa shape index (κ3) is 7.63. The first-order valence-corrected chi connectivity index (χ1v) is 16.7. The van der Waals surface area contributed by atoms with Crippen LogP contribution in [0.3, 0.4) is 0 Å². The van der Waals surface area contributed by atoms with Gasteiger partial charge in [0.25, 0.3) is 0 Å². The van der Waals surface area contributed by atoms with Gasteiger partial charge in [0, 0.05) is 34.9 Å². The van der Waals surface area contributed by atoms with E-state index < -0.39 is 0 Å². The van der Waals surface area contributed by atoms with Gasteiger partial charge in [-0.1, -0.05) is 116 Å². The number of phenolic OH excluding ortho intramolecular Hbond substituents is 1. The molecular weight excluding hydrogens is 589 g/mol. The topological polar surface area (TPSA) is 62.1 Å². The Morgan fingerprint density at radius 1 is 0.521 bits per heavy atom. The minimum absolute atomic E-state index is 0.0267. The molecule has 0 aliphatic heterocycles. The summed E-state index contributed by atoms with van der Waals surface area (Å²) in [7, 11) is 0. The van der Waals surface area contributed by atoms with E-state index in [0.29, 0.717) is 17.2 Å². The molecule has 0 aliphatic rings. The summed E-state index contributed by atoms with van der Waals surface area (Å²) in [5.74, 6) is 0.776. The minimum Gasteiger partial charge on any atom is -0.507 e. The number of rotatable bonds is 6. The molecule has 1 N–H and O–H groups in total. The van der Waals surface area contributed by atoms with Crippen molar-refractivity contribution in [3.8, 4) is 39.4 Å². The maximum atomic E-state index is 10.9.